The summed E-state index contributed by atoms with van der Waals surface area (Å²) < 4.78 is 0. The Bertz CT molecular complexity index is 519. The maximum atomic E-state index is 11.9. The average Bonchev–Trinajstić information content (AvgIpc) is 2.50. The summed E-state index contributed by atoms with van der Waals surface area (Å²) in [6.07, 6.45) is 9.02. The third-order valence-electron chi connectivity index (χ3n) is 6.89. The highest BCUT2D eigenvalue weighted by molar-refractivity contribution is 5.75. The number of hydrogen-bond acceptors (Lipinski definition) is 2. The Hall–Kier alpha value is -1.09. The standard InChI is InChI=1S/C20H32O3/c1-6-18(3,23)12-13-19(4)14(2)9-10-16-15(19)8-7-11-20(16,5)17(21)22/h6,8,14,16,23H,1,7,9-13H2,2-5H3,(H,21,22). The van der Waals surface area contributed by atoms with Crippen molar-refractivity contribution in [1.82, 2.24) is 0 Å². The van der Waals surface area contributed by atoms with E-state index in [0.717, 1.165) is 32.1 Å². The number of fused-ring (bicyclic) bond motifs is 1. The van der Waals surface area contributed by atoms with Gasteiger partial charge in [0, 0.05) is 0 Å². The molecular formula is C20H32O3. The topological polar surface area (TPSA) is 57.5 Å². The van der Waals surface area contributed by atoms with Crippen LogP contribution in [0.1, 0.15) is 66.2 Å². The van der Waals surface area contributed by atoms with Crippen LogP contribution in [-0.2, 0) is 4.79 Å². The van der Waals surface area contributed by atoms with Crippen LogP contribution < -0.4 is 0 Å². The molecule has 3 nitrogen and oxygen atoms in total. The van der Waals surface area contributed by atoms with E-state index in [-0.39, 0.29) is 11.3 Å². The predicted molar refractivity (Wildman–Crippen MR) is 93.1 cm³/mol. The van der Waals surface area contributed by atoms with Crippen LogP contribution in [0, 0.1) is 22.7 Å². The first kappa shape index (κ1) is 18.3. The molecule has 0 radical (unpaired) electrons. The van der Waals surface area contributed by atoms with Gasteiger partial charge < -0.3 is 10.2 Å². The first-order valence-electron chi connectivity index (χ1n) is 8.87. The molecule has 0 spiro atoms. The van der Waals surface area contributed by atoms with E-state index in [0.29, 0.717) is 12.3 Å². The second-order valence-electron chi connectivity index (χ2n) is 8.43. The lowest BCUT2D eigenvalue weighted by Gasteiger charge is -2.53. The fourth-order valence-corrected chi connectivity index (χ4v) is 4.57. The second-order valence-corrected chi connectivity index (χ2v) is 8.43. The molecule has 0 aliphatic heterocycles. The van der Waals surface area contributed by atoms with Crippen LogP contribution in [0.4, 0.5) is 0 Å². The molecule has 3 heteroatoms. The van der Waals surface area contributed by atoms with E-state index in [1.54, 1.807) is 13.0 Å². The minimum Gasteiger partial charge on any atom is -0.481 e. The molecule has 23 heavy (non-hydrogen) atoms. The lowest BCUT2D eigenvalue weighted by molar-refractivity contribution is -0.153. The molecule has 0 aromatic heterocycles. The van der Waals surface area contributed by atoms with Crippen LogP contribution in [0.25, 0.3) is 0 Å². The van der Waals surface area contributed by atoms with Crippen LogP contribution >= 0.6 is 0 Å². The highest BCUT2D eigenvalue weighted by atomic mass is 16.4. The zero-order valence-electron chi connectivity index (χ0n) is 15.1. The van der Waals surface area contributed by atoms with Crippen LogP contribution in [0.5, 0.6) is 0 Å². The number of allylic oxidation sites excluding steroid dienone is 2. The van der Waals surface area contributed by atoms with Crippen molar-refractivity contribution in [2.24, 2.45) is 22.7 Å². The maximum Gasteiger partial charge on any atom is 0.309 e. The average molecular weight is 320 g/mol. The van der Waals surface area contributed by atoms with Crippen molar-refractivity contribution in [1.29, 1.82) is 0 Å². The molecule has 2 rings (SSSR count). The third kappa shape index (κ3) is 3.13. The summed E-state index contributed by atoms with van der Waals surface area (Å²) in [5, 5.41) is 20.1. The normalized spacial score (nSPS) is 39.8. The number of rotatable bonds is 5. The van der Waals surface area contributed by atoms with Crippen molar-refractivity contribution in [2.75, 3.05) is 0 Å². The van der Waals surface area contributed by atoms with E-state index >= 15 is 0 Å². The van der Waals surface area contributed by atoms with Gasteiger partial charge in [0.15, 0.2) is 0 Å². The van der Waals surface area contributed by atoms with Gasteiger partial charge in [0.1, 0.15) is 0 Å². The summed E-state index contributed by atoms with van der Waals surface area (Å²) in [5.74, 6) is -0.0338. The number of aliphatic carboxylic acids is 1. The first-order chi connectivity index (χ1) is 10.6. The molecule has 130 valence electrons. The molecule has 0 aromatic rings. The molecule has 5 unspecified atom stereocenters. The van der Waals surface area contributed by atoms with E-state index in [1.165, 1.54) is 5.57 Å². The van der Waals surface area contributed by atoms with Gasteiger partial charge >= 0.3 is 5.97 Å². The van der Waals surface area contributed by atoms with Crippen molar-refractivity contribution in [3.63, 3.8) is 0 Å². The molecule has 2 aliphatic rings. The molecule has 0 aromatic carbocycles. The molecule has 1 saturated carbocycles. The van der Waals surface area contributed by atoms with Gasteiger partial charge in [0.25, 0.3) is 0 Å². The Balaban J connectivity index is 2.33. The summed E-state index contributed by atoms with van der Waals surface area (Å²) in [4.78, 5) is 11.9. The van der Waals surface area contributed by atoms with E-state index in [1.807, 2.05) is 6.92 Å². The van der Waals surface area contributed by atoms with Crippen molar-refractivity contribution in [3.05, 3.63) is 24.3 Å². The first-order valence-corrected chi connectivity index (χ1v) is 8.87. The summed E-state index contributed by atoms with van der Waals surface area (Å²) in [6, 6.07) is 0. The number of aliphatic hydroxyl groups is 1. The predicted octanol–water partition coefficient (Wildman–Crippen LogP) is 4.57. The molecular weight excluding hydrogens is 288 g/mol. The Kier molecular flexibility index (Phi) is 4.83. The second kappa shape index (κ2) is 6.08. The molecule has 0 saturated heterocycles. The van der Waals surface area contributed by atoms with Crippen LogP contribution in [0.15, 0.2) is 24.3 Å². The van der Waals surface area contributed by atoms with Gasteiger partial charge in [-0.2, -0.15) is 0 Å². The van der Waals surface area contributed by atoms with E-state index < -0.39 is 17.0 Å². The number of hydrogen-bond donors (Lipinski definition) is 2. The van der Waals surface area contributed by atoms with Crippen molar-refractivity contribution >= 4 is 5.97 Å². The molecule has 0 heterocycles. The van der Waals surface area contributed by atoms with Gasteiger partial charge in [-0.05, 0) is 69.6 Å². The zero-order chi connectivity index (χ0) is 17.5. The highest BCUT2D eigenvalue weighted by Crippen LogP contribution is 2.58. The fourth-order valence-electron chi connectivity index (χ4n) is 4.57. The molecule has 1 fully saturated rings. The summed E-state index contributed by atoms with van der Waals surface area (Å²) in [7, 11) is 0. The number of carboxylic acids is 1. The van der Waals surface area contributed by atoms with Crippen molar-refractivity contribution in [3.8, 4) is 0 Å². The minimum absolute atomic E-state index is 0.0347. The summed E-state index contributed by atoms with van der Waals surface area (Å²) >= 11 is 0. The summed E-state index contributed by atoms with van der Waals surface area (Å²) in [5.41, 5.74) is -0.215. The SMILES string of the molecule is C=CC(C)(O)CCC1(C)C2=CCCC(C)(C(=O)O)C2CCC1C. The fraction of sp³-hybridized carbons (Fsp3) is 0.750. The van der Waals surface area contributed by atoms with Gasteiger partial charge in [0.05, 0.1) is 11.0 Å². The minimum atomic E-state index is -0.860. The largest absolute Gasteiger partial charge is 0.481 e. The molecule has 2 aliphatic carbocycles. The van der Waals surface area contributed by atoms with Crippen molar-refractivity contribution in [2.45, 2.75) is 71.8 Å². The molecule has 0 amide bonds. The van der Waals surface area contributed by atoms with Crippen LogP contribution in [0.3, 0.4) is 0 Å². The number of carboxylic acid groups (broad SMARTS) is 1. The van der Waals surface area contributed by atoms with Gasteiger partial charge in [-0.15, -0.1) is 6.58 Å². The van der Waals surface area contributed by atoms with Crippen LogP contribution in [-0.4, -0.2) is 21.8 Å². The van der Waals surface area contributed by atoms with E-state index in [2.05, 4.69) is 26.5 Å². The Morgan fingerprint density at radius 3 is 2.70 bits per heavy atom. The lowest BCUT2D eigenvalue weighted by atomic mass is 9.51. The van der Waals surface area contributed by atoms with E-state index in [4.69, 9.17) is 0 Å². The Morgan fingerprint density at radius 2 is 2.13 bits per heavy atom. The van der Waals surface area contributed by atoms with Gasteiger partial charge in [-0.25, -0.2) is 0 Å². The third-order valence-corrected chi connectivity index (χ3v) is 6.89. The van der Waals surface area contributed by atoms with Gasteiger partial charge in [-0.1, -0.05) is 31.6 Å². The Labute approximate surface area is 140 Å². The zero-order valence-corrected chi connectivity index (χ0v) is 15.1. The lowest BCUT2D eigenvalue weighted by Crippen LogP contribution is -2.47. The smallest absolute Gasteiger partial charge is 0.309 e. The molecule has 2 N–H and O–H groups in total. The number of carbonyl (C=O) groups is 1. The molecule has 0 bridgehead atoms. The molecule has 5 atom stereocenters. The van der Waals surface area contributed by atoms with E-state index in [9.17, 15) is 15.0 Å². The maximum absolute atomic E-state index is 11.9. The Morgan fingerprint density at radius 1 is 1.48 bits per heavy atom. The van der Waals surface area contributed by atoms with Crippen LogP contribution in [0.2, 0.25) is 0 Å². The summed E-state index contributed by atoms with van der Waals surface area (Å²) in [6.45, 7) is 12.0. The monoisotopic (exact) mass is 320 g/mol. The quantitative estimate of drug-likeness (QED) is 0.730. The van der Waals surface area contributed by atoms with Crippen molar-refractivity contribution < 1.29 is 15.0 Å². The van der Waals surface area contributed by atoms with Gasteiger partial charge in [0.2, 0.25) is 0 Å². The highest BCUT2D eigenvalue weighted by Gasteiger charge is 2.52. The van der Waals surface area contributed by atoms with Gasteiger partial charge in [-0.3, -0.25) is 4.79 Å².